The van der Waals surface area contributed by atoms with E-state index in [0.717, 1.165) is 37.5 Å². The van der Waals surface area contributed by atoms with Gasteiger partial charge in [-0.3, -0.25) is 0 Å². The van der Waals surface area contributed by atoms with Crippen LogP contribution in [-0.4, -0.2) is 7.11 Å². The molecule has 4 heteroatoms. The van der Waals surface area contributed by atoms with Gasteiger partial charge in [0.15, 0.2) is 0 Å². The van der Waals surface area contributed by atoms with E-state index in [-0.39, 0.29) is 5.38 Å². The van der Waals surface area contributed by atoms with Gasteiger partial charge in [0.05, 0.1) is 17.5 Å². The predicted octanol–water partition coefficient (Wildman–Crippen LogP) is 6.20. The summed E-state index contributed by atoms with van der Waals surface area (Å²) in [6.45, 7) is 2.00. The Balaban J connectivity index is 2.19. The van der Waals surface area contributed by atoms with Crippen molar-refractivity contribution in [3.05, 3.63) is 62.8 Å². The van der Waals surface area contributed by atoms with Gasteiger partial charge < -0.3 is 4.74 Å². The van der Waals surface area contributed by atoms with E-state index in [1.165, 1.54) is 0 Å². The predicted molar refractivity (Wildman–Crippen MR) is 92.3 cm³/mol. The van der Waals surface area contributed by atoms with E-state index >= 15 is 0 Å². The SMILES string of the molecule is COc1ccc(C(Cl)c2scc(C)c2Cl)c2ccccc12. The molecule has 1 aromatic heterocycles. The Bertz CT molecular complexity index is 795. The Morgan fingerprint density at radius 1 is 1.10 bits per heavy atom. The molecule has 21 heavy (non-hydrogen) atoms. The molecule has 1 unspecified atom stereocenters. The Morgan fingerprint density at radius 3 is 2.43 bits per heavy atom. The van der Waals surface area contributed by atoms with Crippen molar-refractivity contribution >= 4 is 45.3 Å². The van der Waals surface area contributed by atoms with Gasteiger partial charge in [0, 0.05) is 10.3 Å². The van der Waals surface area contributed by atoms with E-state index in [9.17, 15) is 0 Å². The normalized spacial score (nSPS) is 12.6. The Labute approximate surface area is 138 Å². The van der Waals surface area contributed by atoms with E-state index in [1.54, 1.807) is 18.4 Å². The lowest BCUT2D eigenvalue weighted by Gasteiger charge is -2.14. The third kappa shape index (κ3) is 2.52. The minimum Gasteiger partial charge on any atom is -0.496 e. The van der Waals surface area contributed by atoms with Crippen LogP contribution < -0.4 is 4.74 Å². The number of aryl methyl sites for hydroxylation is 1. The average molecular weight is 337 g/mol. The summed E-state index contributed by atoms with van der Waals surface area (Å²) >= 11 is 14.7. The van der Waals surface area contributed by atoms with Crippen LogP contribution in [0.2, 0.25) is 5.02 Å². The fourth-order valence-electron chi connectivity index (χ4n) is 2.46. The monoisotopic (exact) mass is 336 g/mol. The summed E-state index contributed by atoms with van der Waals surface area (Å²) in [7, 11) is 1.68. The summed E-state index contributed by atoms with van der Waals surface area (Å²) in [6.07, 6.45) is 0. The van der Waals surface area contributed by atoms with Crippen molar-refractivity contribution in [3.8, 4) is 5.75 Å². The van der Waals surface area contributed by atoms with E-state index in [2.05, 4.69) is 6.07 Å². The van der Waals surface area contributed by atoms with Gasteiger partial charge in [-0.1, -0.05) is 41.9 Å². The Kier molecular flexibility index (Phi) is 4.12. The number of ether oxygens (including phenoxy) is 1. The van der Waals surface area contributed by atoms with Gasteiger partial charge in [0.2, 0.25) is 0 Å². The van der Waals surface area contributed by atoms with Crippen LogP contribution in [0.5, 0.6) is 5.75 Å². The second kappa shape index (κ2) is 5.88. The average Bonchev–Trinajstić information content (AvgIpc) is 2.85. The van der Waals surface area contributed by atoms with E-state index < -0.39 is 0 Å². The molecule has 108 valence electrons. The molecule has 3 aromatic rings. The van der Waals surface area contributed by atoms with E-state index in [4.69, 9.17) is 27.9 Å². The van der Waals surface area contributed by atoms with Gasteiger partial charge in [-0.05, 0) is 34.9 Å². The molecule has 0 bridgehead atoms. The fraction of sp³-hybridized carbons (Fsp3) is 0.176. The minimum atomic E-state index is -0.257. The molecule has 0 saturated carbocycles. The van der Waals surface area contributed by atoms with Crippen LogP contribution in [0.3, 0.4) is 0 Å². The zero-order chi connectivity index (χ0) is 15.0. The third-order valence-electron chi connectivity index (χ3n) is 3.57. The molecule has 0 amide bonds. The number of hydrogen-bond acceptors (Lipinski definition) is 2. The number of benzene rings is 2. The number of halogens is 2. The maximum Gasteiger partial charge on any atom is 0.126 e. The quantitative estimate of drug-likeness (QED) is 0.517. The molecule has 0 aliphatic rings. The number of thiophene rings is 1. The van der Waals surface area contributed by atoms with Crippen LogP contribution in [-0.2, 0) is 0 Å². The Hall–Kier alpha value is -1.22. The number of rotatable bonds is 3. The number of fused-ring (bicyclic) bond motifs is 1. The Morgan fingerprint density at radius 2 is 1.81 bits per heavy atom. The molecule has 1 nitrogen and oxygen atoms in total. The molecule has 0 saturated heterocycles. The first-order valence-electron chi connectivity index (χ1n) is 6.56. The summed E-state index contributed by atoms with van der Waals surface area (Å²) in [4.78, 5) is 0.992. The van der Waals surface area contributed by atoms with Crippen molar-refractivity contribution in [1.82, 2.24) is 0 Å². The van der Waals surface area contributed by atoms with Gasteiger partial charge in [0.25, 0.3) is 0 Å². The van der Waals surface area contributed by atoms with Gasteiger partial charge in [0.1, 0.15) is 5.75 Å². The third-order valence-corrected chi connectivity index (χ3v) is 5.93. The second-order valence-corrected chi connectivity index (χ2v) is 6.59. The molecule has 0 radical (unpaired) electrons. The highest BCUT2D eigenvalue weighted by Gasteiger charge is 2.20. The molecule has 0 spiro atoms. The zero-order valence-electron chi connectivity index (χ0n) is 11.7. The summed E-state index contributed by atoms with van der Waals surface area (Å²) in [6, 6.07) is 12.1. The first-order valence-corrected chi connectivity index (χ1v) is 8.26. The summed E-state index contributed by atoms with van der Waals surface area (Å²) in [5.74, 6) is 0.853. The lowest BCUT2D eigenvalue weighted by Crippen LogP contribution is -1.95. The van der Waals surface area contributed by atoms with Crippen molar-refractivity contribution in [1.29, 1.82) is 0 Å². The molecule has 1 atom stereocenters. The standard InChI is InChI=1S/C17H14Cl2OS/c1-10-9-21-17(15(10)18)16(19)13-7-8-14(20-2)12-6-4-3-5-11(12)13/h3-9,16H,1-2H3. The van der Waals surface area contributed by atoms with Crippen LogP contribution in [0, 0.1) is 6.92 Å². The number of alkyl halides is 1. The molecular formula is C17H14Cl2OS. The van der Waals surface area contributed by atoms with Crippen molar-refractivity contribution in [2.45, 2.75) is 12.3 Å². The maximum atomic E-state index is 6.71. The molecule has 3 rings (SSSR count). The van der Waals surface area contributed by atoms with Crippen LogP contribution in [0.15, 0.2) is 41.8 Å². The van der Waals surface area contributed by atoms with Gasteiger partial charge in [-0.15, -0.1) is 22.9 Å². The summed E-state index contributed by atoms with van der Waals surface area (Å²) < 4.78 is 5.43. The van der Waals surface area contributed by atoms with Gasteiger partial charge >= 0.3 is 0 Å². The summed E-state index contributed by atoms with van der Waals surface area (Å²) in [5.41, 5.74) is 2.12. The topological polar surface area (TPSA) is 9.23 Å². The first kappa shape index (κ1) is 14.7. The van der Waals surface area contributed by atoms with Crippen molar-refractivity contribution in [2.75, 3.05) is 7.11 Å². The van der Waals surface area contributed by atoms with Crippen LogP contribution in [0.1, 0.15) is 21.4 Å². The molecule has 0 aliphatic heterocycles. The fourth-order valence-corrected chi connectivity index (χ4v) is 4.26. The summed E-state index contributed by atoms with van der Waals surface area (Å²) in [5, 5.41) is 4.71. The molecule has 0 N–H and O–H groups in total. The highest BCUT2D eigenvalue weighted by atomic mass is 35.5. The lowest BCUT2D eigenvalue weighted by atomic mass is 10.00. The highest BCUT2D eigenvalue weighted by Crippen LogP contribution is 2.43. The molecule has 1 heterocycles. The highest BCUT2D eigenvalue weighted by molar-refractivity contribution is 7.11. The second-order valence-electron chi connectivity index (χ2n) is 4.86. The van der Waals surface area contributed by atoms with Crippen molar-refractivity contribution in [2.24, 2.45) is 0 Å². The van der Waals surface area contributed by atoms with Crippen LogP contribution in [0.4, 0.5) is 0 Å². The molecular weight excluding hydrogens is 323 g/mol. The van der Waals surface area contributed by atoms with Gasteiger partial charge in [-0.25, -0.2) is 0 Å². The lowest BCUT2D eigenvalue weighted by molar-refractivity contribution is 0.419. The smallest absolute Gasteiger partial charge is 0.126 e. The minimum absolute atomic E-state index is 0.257. The van der Waals surface area contributed by atoms with Gasteiger partial charge in [-0.2, -0.15) is 0 Å². The van der Waals surface area contributed by atoms with Crippen LogP contribution in [0.25, 0.3) is 10.8 Å². The van der Waals surface area contributed by atoms with E-state index in [0.29, 0.717) is 0 Å². The first-order chi connectivity index (χ1) is 10.1. The van der Waals surface area contributed by atoms with E-state index in [1.807, 2.05) is 42.6 Å². The van der Waals surface area contributed by atoms with Crippen molar-refractivity contribution in [3.63, 3.8) is 0 Å². The van der Waals surface area contributed by atoms with Crippen LogP contribution >= 0.6 is 34.5 Å². The molecule has 2 aromatic carbocycles. The number of methoxy groups -OCH3 is 1. The molecule has 0 aliphatic carbocycles. The zero-order valence-corrected chi connectivity index (χ0v) is 14.0. The maximum absolute atomic E-state index is 6.71. The largest absolute Gasteiger partial charge is 0.496 e. The number of hydrogen-bond donors (Lipinski definition) is 0. The van der Waals surface area contributed by atoms with Crippen molar-refractivity contribution < 1.29 is 4.74 Å². The molecule has 0 fully saturated rings.